The molecule has 10 aromatic heterocycles. The number of fused-ring (bicyclic) bond motifs is 5. The molecular formula is C104H106Cl2F2N30O6S. The topological polar surface area (TPSA) is 461 Å². The Morgan fingerprint density at radius 2 is 0.972 bits per heavy atom. The number of imidazole rings is 2. The number of allylic oxidation sites excluding steroid dienone is 4. The van der Waals surface area contributed by atoms with E-state index in [4.69, 9.17) is 48.9 Å². The van der Waals surface area contributed by atoms with E-state index < -0.39 is 5.92 Å². The molecule has 11 aliphatic rings. The number of hydrogen-bond acceptors (Lipinski definition) is 25. The predicted molar refractivity (Wildman–Crippen MR) is 565 cm³/mol. The number of dihydropyridines is 1. The van der Waals surface area contributed by atoms with E-state index in [0.29, 0.717) is 166 Å². The van der Waals surface area contributed by atoms with Crippen molar-refractivity contribution >= 4 is 194 Å². The molecule has 16 N–H and O–H groups in total. The number of benzene rings is 3. The fourth-order valence-electron chi connectivity index (χ4n) is 18.0. The highest BCUT2D eigenvalue weighted by atomic mass is 35.5. The molecule has 6 aliphatic heterocycles. The van der Waals surface area contributed by atoms with Crippen molar-refractivity contribution in [1.29, 1.82) is 0 Å². The van der Waals surface area contributed by atoms with Gasteiger partial charge in [-0.25, -0.2) is 43.3 Å². The van der Waals surface area contributed by atoms with Crippen LogP contribution in [-0.2, 0) is 24.9 Å². The zero-order valence-corrected chi connectivity index (χ0v) is 81.4. The van der Waals surface area contributed by atoms with Gasteiger partial charge in [0.25, 0.3) is 23.6 Å². The van der Waals surface area contributed by atoms with Gasteiger partial charge in [-0.3, -0.25) is 24.2 Å². The third-order valence-corrected chi connectivity index (χ3v) is 27.4. The number of nitrogen functional groups attached to an aromatic ring is 1. The molecule has 1 unspecified atom stereocenters. The Morgan fingerprint density at radius 3 is 1.49 bits per heavy atom. The van der Waals surface area contributed by atoms with E-state index in [1.54, 1.807) is 100 Å². The monoisotopic (exact) mass is 2010 g/mol. The molecule has 3 aromatic carbocycles. The number of carbonyl (C=O) groups is 4. The summed E-state index contributed by atoms with van der Waals surface area (Å²) in [6.45, 7) is 19.6. The lowest BCUT2D eigenvalue weighted by Gasteiger charge is -2.32. The molecule has 742 valence electrons. The highest BCUT2D eigenvalue weighted by Crippen LogP contribution is 2.39. The van der Waals surface area contributed by atoms with Gasteiger partial charge in [-0.05, 0) is 143 Å². The predicted octanol–water partition coefficient (Wildman–Crippen LogP) is 13.6. The number of halogens is 4. The highest BCUT2D eigenvalue weighted by Gasteiger charge is 2.38. The first kappa shape index (κ1) is 96.5. The number of alkyl halides is 2. The standard InChI is InChI=1S/C25H25ClN6O2.C22H21N5OS.C20H24N6O.C19H21F2N7O.C18H15ClN6O/c1-15-10-17(25(34)28-15)11-18-14-27-32-22(31-24(33)16-6-3-2-4-7-16)13-21(30-23(18)32)29-20-9-5-8-19(26)12-20;1-13-17(26-22(28)24-13)9-15-11-23-21-18(25-16-7-8-16)10-19(27-20(15)21)29-12-14-5-3-2-4-6-14;1-12-8-13(20(27)22-12)9-14-11-21-26-18(24-16-6-7-16)10-17(25-19(14)26)23-15-4-2-3-5-15;1-11-14(25-18(29)23-11)8-12-10-22-28-16(24-13-2-3-13)9-15(26-17(12)28)27-6-4-19(20,21)5-7-27;1-10-5-11(18(26)22-10)6-12-9-21-25-15(20)8-16(24-17(12)25)23-14-4-2-3-13(19)7-14/h5,8-9,11-14,16H,1-4,6-7,10H2,(H,28,34)(H,29,30)(H,31,33);2-6,9-11,16,21,25H,1,7-8,12H2,(H2,24,26,28);9-11,15-16,24H,1-8H2,(H,22,27)(H,23,25);8-10,13,24H,1-7H2,(H2,23,25,29);2-4,6-9H,1,5,20H2,(H,22,26)(H,23,24)/b17-11+;17-9-;13-9+;14-8-;11-6+. The smallest absolute Gasteiger partial charge is 0.323 e. The van der Waals surface area contributed by atoms with Gasteiger partial charge >= 0.3 is 11.4 Å². The van der Waals surface area contributed by atoms with Gasteiger partial charge in [0, 0.05) is 200 Å². The third-order valence-electron chi connectivity index (χ3n) is 25.9. The molecule has 13 aromatic rings. The third kappa shape index (κ3) is 23.5. The first-order chi connectivity index (χ1) is 70.1. The largest absolute Gasteiger partial charge is 0.383 e. The molecule has 4 amide bonds. The summed E-state index contributed by atoms with van der Waals surface area (Å²) in [6, 6.07) is 34.2. The second kappa shape index (κ2) is 41.9. The summed E-state index contributed by atoms with van der Waals surface area (Å²) in [5.74, 6) is 3.06. The maximum atomic E-state index is 13.6. The second-order valence-electron chi connectivity index (χ2n) is 37.6. The van der Waals surface area contributed by atoms with E-state index in [9.17, 15) is 37.5 Å². The van der Waals surface area contributed by atoms with Crippen LogP contribution < -0.4 is 96.6 Å². The SMILES string of the molecule is C=C1C/C(=C\c2cnn3c(N)cc(Nc4cccc(Cl)c4)nc23)C(=O)N1.C=C1C/C(=C\c2cnn3c(NC(=O)C4CCCCC4)cc(Nc4cccc(Cl)c4)nc23)C(=O)N1.C=C1C/C(=C\c2cnn3c(NC4CC4)cc(NC4CCCC4)nc23)C(=O)N1.C=c1[nH]c(=O)[nH]/c1=C\C1=C2N=C(SCc3ccccc3)C=C(NC3CC3)C2N=C1.C=c1[nH]c(=O)[nH]/c1=C\c1cnn2c(NC3CC3)cc(N3CCC(F)(F)CC3)nc12. The number of nitrogens with one attached hydrogen (secondary N) is 14. The fourth-order valence-corrected chi connectivity index (χ4v) is 19.3. The minimum Gasteiger partial charge on any atom is -0.383 e. The number of amides is 4. The van der Waals surface area contributed by atoms with Crippen molar-refractivity contribution < 1.29 is 28.0 Å². The molecule has 9 fully saturated rings. The lowest BCUT2D eigenvalue weighted by atomic mass is 9.89. The van der Waals surface area contributed by atoms with Crippen molar-refractivity contribution in [3.05, 3.63) is 285 Å². The Bertz CT molecular complexity index is 7960. The zero-order valence-electron chi connectivity index (χ0n) is 79.1. The molecule has 1 atom stereocenters. The maximum Gasteiger partial charge on any atom is 0.323 e. The second-order valence-corrected chi connectivity index (χ2v) is 39.4. The minimum atomic E-state index is -2.62. The van der Waals surface area contributed by atoms with Gasteiger partial charge in [0.05, 0.1) is 56.9 Å². The van der Waals surface area contributed by atoms with E-state index in [1.165, 1.54) is 67.9 Å². The number of hydrogen-bond donors (Lipinski definition) is 15. The molecule has 0 radical (unpaired) electrons. The number of anilines is 10. The van der Waals surface area contributed by atoms with Crippen molar-refractivity contribution in [3.63, 3.8) is 0 Å². The molecule has 41 heteroatoms. The summed E-state index contributed by atoms with van der Waals surface area (Å²) < 4.78 is 33.8. The van der Waals surface area contributed by atoms with Crippen LogP contribution >= 0.6 is 35.0 Å². The molecule has 5 aliphatic carbocycles. The van der Waals surface area contributed by atoms with Gasteiger partial charge in [-0.15, -0.1) is 11.8 Å². The molecule has 36 nitrogen and oxygen atoms in total. The molecule has 5 saturated carbocycles. The molecule has 145 heavy (non-hydrogen) atoms. The van der Waals surface area contributed by atoms with E-state index >= 15 is 0 Å². The van der Waals surface area contributed by atoms with Crippen molar-refractivity contribution in [2.24, 2.45) is 15.9 Å². The number of aromatic amines is 4. The number of nitrogens with zero attached hydrogens (tertiary/aromatic N) is 15. The van der Waals surface area contributed by atoms with Gasteiger partial charge in [-0.2, -0.15) is 38.5 Å². The number of nitrogens with two attached hydrogens (primary N) is 1. The zero-order chi connectivity index (χ0) is 100. The van der Waals surface area contributed by atoms with Crippen molar-refractivity contribution in [2.45, 2.75) is 170 Å². The van der Waals surface area contributed by atoms with Crippen LogP contribution in [0, 0.1) is 5.92 Å². The summed E-state index contributed by atoms with van der Waals surface area (Å²) in [5.41, 5.74) is 20.5. The lowest BCUT2D eigenvalue weighted by molar-refractivity contribution is -0.121. The molecule has 0 bridgehead atoms. The molecule has 16 heterocycles. The first-order valence-electron chi connectivity index (χ1n) is 48.3. The fraction of sp³-hybridized carbons (Fsp3) is 0.288. The van der Waals surface area contributed by atoms with E-state index in [2.05, 4.69) is 173 Å². The number of thioether (sulfide) groups is 1. The lowest BCUT2D eigenvalue weighted by Crippen LogP contribution is -2.39. The quantitative estimate of drug-likeness (QED) is 0.0280. The van der Waals surface area contributed by atoms with Crippen molar-refractivity contribution in [3.8, 4) is 0 Å². The Labute approximate surface area is 842 Å². The van der Waals surface area contributed by atoms with Crippen LogP contribution in [-0.4, -0.2) is 162 Å². The van der Waals surface area contributed by atoms with E-state index in [0.717, 1.165) is 112 Å². The number of carbonyl (C=O) groups excluding carboxylic acids is 4. The number of piperidine rings is 1. The summed E-state index contributed by atoms with van der Waals surface area (Å²) in [4.78, 5) is 113. The Balaban J connectivity index is 0.000000111. The molecule has 24 rings (SSSR count). The normalized spacial score (nSPS) is 19.3. The van der Waals surface area contributed by atoms with Gasteiger partial charge in [0.2, 0.25) is 5.91 Å². The average Bonchev–Trinajstić information content (AvgIpc) is 1.67. The van der Waals surface area contributed by atoms with Crippen LogP contribution in [0.25, 0.3) is 66.1 Å². The van der Waals surface area contributed by atoms with E-state index in [-0.39, 0.29) is 72.9 Å². The van der Waals surface area contributed by atoms with Crippen molar-refractivity contribution in [2.75, 3.05) is 55.6 Å². The van der Waals surface area contributed by atoms with Gasteiger partial charge < -0.3 is 83.7 Å². The summed E-state index contributed by atoms with van der Waals surface area (Å²) in [6.07, 6.45) is 37.8. The summed E-state index contributed by atoms with van der Waals surface area (Å²) in [5, 5.41) is 53.9. The van der Waals surface area contributed by atoms with Crippen LogP contribution in [0.1, 0.15) is 156 Å². The minimum absolute atomic E-state index is 0.00773. The number of aromatic nitrogens is 16. The van der Waals surface area contributed by atoms with Gasteiger partial charge in [-0.1, -0.05) is 131 Å². The maximum absolute atomic E-state index is 13.6. The number of H-pyrrole nitrogens is 4. The highest BCUT2D eigenvalue weighted by molar-refractivity contribution is 8.13. The first-order valence-corrected chi connectivity index (χ1v) is 50.1. The van der Waals surface area contributed by atoms with Crippen LogP contribution in [0.4, 0.5) is 66.7 Å². The molecule has 4 saturated heterocycles. The van der Waals surface area contributed by atoms with E-state index in [1.807, 2.05) is 64.2 Å². The summed E-state index contributed by atoms with van der Waals surface area (Å²) >= 11 is 13.9. The molecular weight excluding hydrogens is 1910 g/mol. The van der Waals surface area contributed by atoms with Crippen LogP contribution in [0.2, 0.25) is 10.0 Å². The Hall–Kier alpha value is -16.0. The summed E-state index contributed by atoms with van der Waals surface area (Å²) in [7, 11) is 0. The van der Waals surface area contributed by atoms with Crippen molar-refractivity contribution in [1.82, 2.24) is 99.6 Å². The van der Waals surface area contributed by atoms with Crippen LogP contribution in [0.3, 0.4) is 0 Å². The van der Waals surface area contributed by atoms with Crippen LogP contribution in [0.15, 0.2) is 224 Å². The number of aliphatic imine (C=N–C) groups is 2. The van der Waals surface area contributed by atoms with Crippen LogP contribution in [0.5, 0.6) is 0 Å². The number of rotatable bonds is 22. The van der Waals surface area contributed by atoms with Gasteiger partial charge in [0.1, 0.15) is 52.6 Å². The Morgan fingerprint density at radius 1 is 0.503 bits per heavy atom. The Kier molecular flexibility index (Phi) is 27.9. The van der Waals surface area contributed by atoms with Gasteiger partial charge in [0.15, 0.2) is 22.6 Å². The molecule has 0 spiro atoms. The average molecular weight is 2010 g/mol.